The number of benzene rings is 2. The molecule has 3 N–H and O–H groups in total. The van der Waals surface area contributed by atoms with Crippen LogP contribution in [0.15, 0.2) is 61.1 Å². The van der Waals surface area contributed by atoms with Crippen LogP contribution in [-0.2, 0) is 4.79 Å². The van der Waals surface area contributed by atoms with Crippen LogP contribution in [0.3, 0.4) is 0 Å². The highest BCUT2D eigenvalue weighted by atomic mass is 35.5. The zero-order valence-electron chi connectivity index (χ0n) is 21.3. The monoisotopic (exact) mass is 529 g/mol. The fourth-order valence-electron chi connectivity index (χ4n) is 5.68. The zero-order valence-corrected chi connectivity index (χ0v) is 22.0. The second kappa shape index (κ2) is 10.9. The van der Waals surface area contributed by atoms with Crippen LogP contribution in [0, 0.1) is 0 Å². The van der Waals surface area contributed by atoms with Crippen LogP contribution in [0.25, 0.3) is 11.0 Å². The molecule has 0 radical (unpaired) electrons. The second-order valence-corrected chi connectivity index (χ2v) is 10.5. The van der Waals surface area contributed by atoms with Gasteiger partial charge in [-0.05, 0) is 61.6 Å². The summed E-state index contributed by atoms with van der Waals surface area (Å²) in [4.78, 5) is 29.7. The minimum Gasteiger partial charge on any atom is -0.376 e. The fraction of sp³-hybridized carbons (Fsp3) is 0.345. The van der Waals surface area contributed by atoms with Crippen molar-refractivity contribution in [3.8, 4) is 0 Å². The van der Waals surface area contributed by atoms with E-state index in [4.69, 9.17) is 11.6 Å². The number of anilines is 4. The molecule has 0 saturated carbocycles. The Morgan fingerprint density at radius 3 is 2.76 bits per heavy atom. The van der Waals surface area contributed by atoms with E-state index in [-0.39, 0.29) is 12.5 Å². The molecular weight excluding hydrogens is 498 g/mol. The number of aromatic nitrogens is 3. The number of fused-ring (bicyclic) bond motifs is 1. The molecule has 6 rings (SSSR count). The molecule has 9 heteroatoms. The number of nitrogens with zero attached hydrogens (tertiary/aromatic N) is 4. The molecule has 1 atom stereocenters. The second-order valence-electron chi connectivity index (χ2n) is 10.1. The molecule has 0 spiro atoms. The summed E-state index contributed by atoms with van der Waals surface area (Å²) in [6.45, 7) is 4.01. The number of para-hydroxylation sites is 1. The number of piperidine rings is 1. The van der Waals surface area contributed by atoms with Crippen molar-refractivity contribution in [2.75, 3.05) is 53.2 Å². The summed E-state index contributed by atoms with van der Waals surface area (Å²) in [5.74, 6) is 1.25. The maximum atomic E-state index is 12.9. The number of halogens is 1. The summed E-state index contributed by atoms with van der Waals surface area (Å²) in [7, 11) is 0. The minimum absolute atomic E-state index is 0.118. The van der Waals surface area contributed by atoms with Crippen LogP contribution in [0.2, 0.25) is 5.02 Å². The lowest BCUT2D eigenvalue weighted by Gasteiger charge is -2.34. The summed E-state index contributed by atoms with van der Waals surface area (Å²) in [6.07, 6.45) is 8.07. The predicted molar refractivity (Wildman–Crippen MR) is 155 cm³/mol. The molecule has 8 nitrogen and oxygen atoms in total. The highest BCUT2D eigenvalue weighted by Gasteiger charge is 2.24. The van der Waals surface area contributed by atoms with Crippen molar-refractivity contribution < 1.29 is 4.79 Å². The number of aromatic amines is 1. The fourth-order valence-corrected chi connectivity index (χ4v) is 5.90. The Kier molecular flexibility index (Phi) is 7.05. The largest absolute Gasteiger partial charge is 0.376 e. The molecular formula is C29H32ClN7O. The summed E-state index contributed by atoms with van der Waals surface area (Å²) < 4.78 is 0. The maximum Gasteiger partial charge on any atom is 0.243 e. The van der Waals surface area contributed by atoms with E-state index in [1.165, 1.54) is 5.56 Å². The van der Waals surface area contributed by atoms with E-state index in [0.717, 1.165) is 80.1 Å². The Morgan fingerprint density at radius 2 is 1.87 bits per heavy atom. The van der Waals surface area contributed by atoms with Crippen molar-refractivity contribution in [3.05, 3.63) is 71.6 Å². The Bertz CT molecular complexity index is 1430. The summed E-state index contributed by atoms with van der Waals surface area (Å²) in [6, 6.07) is 16.2. The molecule has 38 heavy (non-hydrogen) atoms. The van der Waals surface area contributed by atoms with Crippen molar-refractivity contribution in [1.29, 1.82) is 0 Å². The van der Waals surface area contributed by atoms with Gasteiger partial charge in [-0.15, -0.1) is 0 Å². The van der Waals surface area contributed by atoms with Gasteiger partial charge in [-0.2, -0.15) is 0 Å². The molecule has 196 valence electrons. The van der Waals surface area contributed by atoms with E-state index < -0.39 is 0 Å². The molecule has 2 aliphatic heterocycles. The number of H-pyrrole nitrogens is 1. The first-order valence-corrected chi connectivity index (χ1v) is 13.7. The molecule has 2 aromatic carbocycles. The average molecular weight is 530 g/mol. The Morgan fingerprint density at radius 1 is 1.03 bits per heavy atom. The third-order valence-corrected chi connectivity index (χ3v) is 7.88. The van der Waals surface area contributed by atoms with Crippen LogP contribution in [0.1, 0.15) is 37.2 Å². The molecule has 0 aliphatic carbocycles. The third-order valence-electron chi connectivity index (χ3n) is 7.57. The third kappa shape index (κ3) is 5.13. The van der Waals surface area contributed by atoms with Crippen LogP contribution in [0.5, 0.6) is 0 Å². The highest BCUT2D eigenvalue weighted by molar-refractivity contribution is 6.34. The topological polar surface area (TPSA) is 89.2 Å². The normalized spacial score (nSPS) is 17.7. The van der Waals surface area contributed by atoms with Gasteiger partial charge in [-0.1, -0.05) is 29.8 Å². The van der Waals surface area contributed by atoms with Gasteiger partial charge in [0.15, 0.2) is 0 Å². The van der Waals surface area contributed by atoms with Crippen LogP contribution >= 0.6 is 11.6 Å². The molecule has 2 aliphatic rings. The van der Waals surface area contributed by atoms with E-state index in [9.17, 15) is 4.79 Å². The van der Waals surface area contributed by atoms with Crippen LogP contribution in [0.4, 0.5) is 22.9 Å². The molecule has 1 unspecified atom stereocenters. The van der Waals surface area contributed by atoms with Gasteiger partial charge in [0.1, 0.15) is 17.8 Å². The summed E-state index contributed by atoms with van der Waals surface area (Å²) in [5.41, 5.74) is 4.75. The van der Waals surface area contributed by atoms with Crippen molar-refractivity contribution in [2.45, 2.75) is 31.6 Å². The Balaban J connectivity index is 1.11. The van der Waals surface area contributed by atoms with Crippen molar-refractivity contribution in [1.82, 2.24) is 15.0 Å². The molecule has 1 amide bonds. The first-order valence-electron chi connectivity index (χ1n) is 13.4. The lowest BCUT2D eigenvalue weighted by Crippen LogP contribution is -2.35. The maximum absolute atomic E-state index is 12.9. The molecule has 4 heterocycles. The molecule has 0 bridgehead atoms. The summed E-state index contributed by atoms with van der Waals surface area (Å²) >= 11 is 6.48. The highest BCUT2D eigenvalue weighted by Crippen LogP contribution is 2.35. The standard InChI is InChI=1S/C29H32ClN7O/c30-24-9-4-10-25(36-13-1-2-14-36)27(24)35-26(38)17-32-22-8-3-6-20(16-22)21-7-5-15-37(18-21)29-23-11-12-31-28(23)33-19-34-29/h3-4,6,8-12,16,19,21,32H,1-2,5,7,13-15,17-18H2,(H,35,38)(H,31,33,34). The lowest BCUT2D eigenvalue weighted by atomic mass is 9.90. The van der Waals surface area contributed by atoms with E-state index in [2.05, 4.69) is 53.6 Å². The quantitative estimate of drug-likeness (QED) is 0.287. The van der Waals surface area contributed by atoms with Crippen LogP contribution in [-0.4, -0.2) is 53.6 Å². The van der Waals surface area contributed by atoms with E-state index >= 15 is 0 Å². The van der Waals surface area contributed by atoms with Gasteiger partial charge in [0, 0.05) is 44.0 Å². The number of hydrogen-bond donors (Lipinski definition) is 3. The Hall–Kier alpha value is -3.78. The first-order chi connectivity index (χ1) is 18.7. The van der Waals surface area contributed by atoms with E-state index in [1.807, 2.05) is 36.5 Å². The van der Waals surface area contributed by atoms with Gasteiger partial charge < -0.3 is 25.4 Å². The number of nitrogens with one attached hydrogen (secondary N) is 3. The minimum atomic E-state index is -0.118. The van der Waals surface area contributed by atoms with Gasteiger partial charge in [-0.3, -0.25) is 4.79 Å². The van der Waals surface area contributed by atoms with Crippen molar-refractivity contribution >= 4 is 51.4 Å². The molecule has 4 aromatic rings. The van der Waals surface area contributed by atoms with Gasteiger partial charge in [0.05, 0.1) is 28.3 Å². The van der Waals surface area contributed by atoms with Crippen molar-refractivity contribution in [2.24, 2.45) is 0 Å². The van der Waals surface area contributed by atoms with E-state index in [1.54, 1.807) is 6.33 Å². The number of carbonyl (C=O) groups is 1. The van der Waals surface area contributed by atoms with Gasteiger partial charge in [-0.25, -0.2) is 9.97 Å². The van der Waals surface area contributed by atoms with Gasteiger partial charge in [0.2, 0.25) is 5.91 Å². The number of hydrogen-bond acceptors (Lipinski definition) is 6. The number of carbonyl (C=O) groups excluding carboxylic acids is 1. The SMILES string of the molecule is O=C(CNc1cccc(C2CCCN(c3ncnc4[nH]ccc34)C2)c1)Nc1c(Cl)cccc1N1CCCC1. The predicted octanol–water partition coefficient (Wildman–Crippen LogP) is 5.65. The number of amides is 1. The lowest BCUT2D eigenvalue weighted by molar-refractivity contribution is -0.114. The van der Waals surface area contributed by atoms with Gasteiger partial charge in [0.25, 0.3) is 0 Å². The number of rotatable bonds is 7. The first kappa shape index (κ1) is 24.6. The smallest absolute Gasteiger partial charge is 0.243 e. The molecule has 2 saturated heterocycles. The van der Waals surface area contributed by atoms with E-state index in [0.29, 0.717) is 16.6 Å². The van der Waals surface area contributed by atoms with Crippen molar-refractivity contribution in [3.63, 3.8) is 0 Å². The molecule has 2 fully saturated rings. The van der Waals surface area contributed by atoms with Crippen LogP contribution < -0.4 is 20.4 Å². The average Bonchev–Trinajstić information content (AvgIpc) is 3.66. The van der Waals surface area contributed by atoms with Gasteiger partial charge >= 0.3 is 0 Å². The zero-order chi connectivity index (χ0) is 25.9. The molecule has 2 aromatic heterocycles. The Labute approximate surface area is 227 Å². The summed E-state index contributed by atoms with van der Waals surface area (Å²) in [5, 5.41) is 7.97.